The predicted octanol–water partition coefficient (Wildman–Crippen LogP) is 2.96. The van der Waals surface area contributed by atoms with E-state index in [0.717, 1.165) is 27.3 Å². The summed E-state index contributed by atoms with van der Waals surface area (Å²) >= 11 is 0. The van der Waals surface area contributed by atoms with Crippen LogP contribution >= 0.6 is 0 Å². The Labute approximate surface area is 161 Å². The number of hydrogen-bond donors (Lipinski definition) is 1. The Kier molecular flexibility index (Phi) is 6.49. The molecule has 0 aromatic heterocycles. The van der Waals surface area contributed by atoms with E-state index in [-0.39, 0.29) is 18.5 Å². The monoisotopic (exact) mass is 390 g/mol. The first kappa shape index (κ1) is 20.8. The molecule has 2 aromatic carbocycles. The lowest BCUT2D eigenvalue weighted by Crippen LogP contribution is -2.41. The van der Waals surface area contributed by atoms with Crippen molar-refractivity contribution in [2.75, 3.05) is 24.2 Å². The topological polar surface area (TPSA) is 75.7 Å². The molecular weight excluding hydrogens is 364 g/mol. The average Bonchev–Trinajstić information content (AvgIpc) is 2.60. The maximum absolute atomic E-state index is 12.6. The number of amides is 1. The number of nitrogens with zero attached hydrogens (tertiary/aromatic N) is 1. The van der Waals surface area contributed by atoms with Gasteiger partial charge in [-0.05, 0) is 44.0 Å². The molecule has 0 aliphatic heterocycles. The van der Waals surface area contributed by atoms with Gasteiger partial charge in [-0.25, -0.2) is 8.42 Å². The number of carbonyl (C=O) groups excluding carboxylic acids is 1. The zero-order valence-electron chi connectivity index (χ0n) is 16.3. The fraction of sp³-hybridized carbons (Fsp3) is 0.350. The smallest absolute Gasteiger partial charge is 0.241 e. The highest BCUT2D eigenvalue weighted by Gasteiger charge is 2.22. The third kappa shape index (κ3) is 5.47. The van der Waals surface area contributed by atoms with Crippen molar-refractivity contribution in [1.29, 1.82) is 0 Å². The maximum atomic E-state index is 12.6. The van der Waals surface area contributed by atoms with E-state index in [1.807, 2.05) is 39.0 Å². The molecule has 0 heterocycles. The minimum Gasteiger partial charge on any atom is -0.497 e. The summed E-state index contributed by atoms with van der Waals surface area (Å²) in [6.45, 7) is 5.55. The number of aryl methyl sites for hydroxylation is 2. The summed E-state index contributed by atoms with van der Waals surface area (Å²) in [7, 11) is -2.13. The summed E-state index contributed by atoms with van der Waals surface area (Å²) in [5.74, 6) is 0.141. The molecule has 1 amide bonds. The highest BCUT2D eigenvalue weighted by molar-refractivity contribution is 7.92. The third-order valence-corrected chi connectivity index (χ3v) is 5.45. The van der Waals surface area contributed by atoms with E-state index in [9.17, 15) is 13.2 Å². The van der Waals surface area contributed by atoms with E-state index in [1.165, 1.54) is 7.11 Å². The van der Waals surface area contributed by atoms with E-state index in [0.29, 0.717) is 11.4 Å². The normalized spacial score (nSPS) is 12.3. The number of nitrogens with one attached hydrogen (secondary N) is 1. The number of anilines is 1. The van der Waals surface area contributed by atoms with E-state index in [4.69, 9.17) is 4.74 Å². The zero-order valence-corrected chi connectivity index (χ0v) is 17.1. The van der Waals surface area contributed by atoms with Gasteiger partial charge >= 0.3 is 0 Å². The molecule has 27 heavy (non-hydrogen) atoms. The summed E-state index contributed by atoms with van der Waals surface area (Å²) in [4.78, 5) is 12.6. The van der Waals surface area contributed by atoms with Crippen LogP contribution in [0.1, 0.15) is 29.7 Å². The molecular formula is C20H26N2O4S. The molecule has 2 rings (SSSR count). The largest absolute Gasteiger partial charge is 0.497 e. The SMILES string of the molecule is COc1cccc(N(CC(=O)N[C@H](C)c2cc(C)ccc2C)S(C)(=O)=O)c1. The Balaban J connectivity index is 2.20. The van der Waals surface area contributed by atoms with E-state index < -0.39 is 10.0 Å². The predicted molar refractivity (Wildman–Crippen MR) is 108 cm³/mol. The van der Waals surface area contributed by atoms with Crippen LogP contribution in [0, 0.1) is 13.8 Å². The molecule has 2 aromatic rings. The van der Waals surface area contributed by atoms with Crippen LogP contribution in [0.4, 0.5) is 5.69 Å². The Morgan fingerprint density at radius 1 is 1.19 bits per heavy atom. The Bertz CT molecular complexity index is 925. The molecule has 6 nitrogen and oxygen atoms in total. The van der Waals surface area contributed by atoms with Crippen LogP contribution < -0.4 is 14.4 Å². The molecule has 146 valence electrons. The fourth-order valence-electron chi connectivity index (χ4n) is 2.89. The first-order valence-electron chi connectivity index (χ1n) is 8.60. The first-order valence-corrected chi connectivity index (χ1v) is 10.4. The van der Waals surface area contributed by atoms with Crippen LogP contribution in [0.5, 0.6) is 5.75 Å². The van der Waals surface area contributed by atoms with Gasteiger partial charge in [0, 0.05) is 6.07 Å². The lowest BCUT2D eigenvalue weighted by molar-refractivity contribution is -0.120. The summed E-state index contributed by atoms with van der Waals surface area (Å²) in [6.07, 6.45) is 1.08. The minimum atomic E-state index is -3.64. The second kappa shape index (κ2) is 8.43. The number of carbonyl (C=O) groups is 1. The van der Waals surface area contributed by atoms with Crippen molar-refractivity contribution in [1.82, 2.24) is 5.32 Å². The molecule has 0 aliphatic carbocycles. The van der Waals surface area contributed by atoms with Crippen molar-refractivity contribution in [3.63, 3.8) is 0 Å². The van der Waals surface area contributed by atoms with Crippen LogP contribution in [0.2, 0.25) is 0 Å². The molecule has 0 radical (unpaired) electrons. The Hall–Kier alpha value is -2.54. The van der Waals surface area contributed by atoms with Crippen molar-refractivity contribution in [3.05, 3.63) is 59.2 Å². The summed E-state index contributed by atoms with van der Waals surface area (Å²) < 4.78 is 30.7. The first-order chi connectivity index (χ1) is 12.6. The number of sulfonamides is 1. The lowest BCUT2D eigenvalue weighted by Gasteiger charge is -2.24. The third-order valence-electron chi connectivity index (χ3n) is 4.31. The van der Waals surface area contributed by atoms with Gasteiger partial charge in [0.1, 0.15) is 12.3 Å². The average molecular weight is 391 g/mol. The zero-order chi connectivity index (χ0) is 20.2. The number of hydrogen-bond acceptors (Lipinski definition) is 4. The van der Waals surface area contributed by atoms with Crippen molar-refractivity contribution < 1.29 is 17.9 Å². The lowest BCUT2D eigenvalue weighted by atomic mass is 10.00. The molecule has 0 fully saturated rings. The van der Waals surface area contributed by atoms with Crippen LogP contribution in [-0.2, 0) is 14.8 Å². The fourth-order valence-corrected chi connectivity index (χ4v) is 3.74. The summed E-state index contributed by atoms with van der Waals surface area (Å²) in [6, 6.07) is 12.4. The minimum absolute atomic E-state index is 0.232. The number of ether oxygens (including phenoxy) is 1. The molecule has 0 saturated carbocycles. The standard InChI is InChI=1S/C20H26N2O4S/c1-14-9-10-15(2)19(11-14)16(3)21-20(23)13-22(27(5,24)25)17-7-6-8-18(12-17)26-4/h6-12,16H,13H2,1-5H3,(H,21,23)/t16-/m1/s1. The van der Waals surface area contributed by atoms with E-state index >= 15 is 0 Å². The van der Waals surface area contributed by atoms with E-state index in [1.54, 1.807) is 24.3 Å². The summed E-state index contributed by atoms with van der Waals surface area (Å²) in [5, 5.41) is 2.89. The van der Waals surface area contributed by atoms with Crippen molar-refractivity contribution in [2.24, 2.45) is 0 Å². The second-order valence-electron chi connectivity index (χ2n) is 6.62. The van der Waals surface area contributed by atoms with Gasteiger partial charge in [0.15, 0.2) is 0 Å². The molecule has 0 saturated heterocycles. The van der Waals surface area contributed by atoms with Crippen molar-refractivity contribution >= 4 is 21.6 Å². The molecule has 7 heteroatoms. The molecule has 1 N–H and O–H groups in total. The Morgan fingerprint density at radius 2 is 1.89 bits per heavy atom. The van der Waals surface area contributed by atoms with Gasteiger partial charge < -0.3 is 10.1 Å². The summed E-state index contributed by atoms with van der Waals surface area (Å²) in [5.41, 5.74) is 3.56. The molecule has 0 bridgehead atoms. The van der Waals surface area contributed by atoms with Crippen LogP contribution in [0.3, 0.4) is 0 Å². The van der Waals surface area contributed by atoms with Crippen molar-refractivity contribution in [2.45, 2.75) is 26.8 Å². The van der Waals surface area contributed by atoms with Gasteiger partial charge in [-0.15, -0.1) is 0 Å². The van der Waals surface area contributed by atoms with Gasteiger partial charge in [-0.2, -0.15) is 0 Å². The van der Waals surface area contributed by atoms with Gasteiger partial charge in [-0.3, -0.25) is 9.10 Å². The van der Waals surface area contributed by atoms with Crippen LogP contribution in [0.15, 0.2) is 42.5 Å². The van der Waals surface area contributed by atoms with Crippen LogP contribution in [-0.4, -0.2) is 34.2 Å². The van der Waals surface area contributed by atoms with Gasteiger partial charge in [0.2, 0.25) is 15.9 Å². The van der Waals surface area contributed by atoms with Crippen molar-refractivity contribution in [3.8, 4) is 5.75 Å². The van der Waals surface area contributed by atoms with Gasteiger partial charge in [0.05, 0.1) is 25.1 Å². The number of benzene rings is 2. The quantitative estimate of drug-likeness (QED) is 0.789. The maximum Gasteiger partial charge on any atom is 0.241 e. The molecule has 0 spiro atoms. The molecule has 0 unspecified atom stereocenters. The number of methoxy groups -OCH3 is 1. The van der Waals surface area contributed by atoms with Gasteiger partial charge in [-0.1, -0.05) is 29.8 Å². The van der Waals surface area contributed by atoms with Gasteiger partial charge in [0.25, 0.3) is 0 Å². The Morgan fingerprint density at radius 3 is 2.52 bits per heavy atom. The highest BCUT2D eigenvalue weighted by Crippen LogP contribution is 2.23. The highest BCUT2D eigenvalue weighted by atomic mass is 32.2. The molecule has 0 aliphatic rings. The van der Waals surface area contributed by atoms with E-state index in [2.05, 4.69) is 5.32 Å². The van der Waals surface area contributed by atoms with Crippen LogP contribution in [0.25, 0.3) is 0 Å². The second-order valence-corrected chi connectivity index (χ2v) is 8.53. The molecule has 1 atom stereocenters. The number of rotatable bonds is 7.